The largest absolute Gasteiger partial charge is 0.398 e. The van der Waals surface area contributed by atoms with Gasteiger partial charge in [0.25, 0.3) is 0 Å². The lowest BCUT2D eigenvalue weighted by Gasteiger charge is -2.07. The molecular formula is C13H22N2O. The van der Waals surface area contributed by atoms with Gasteiger partial charge >= 0.3 is 0 Å². The number of benzene rings is 1. The van der Waals surface area contributed by atoms with Gasteiger partial charge in [-0.15, -0.1) is 0 Å². The number of rotatable bonds is 8. The molecule has 0 unspecified atom stereocenters. The van der Waals surface area contributed by atoms with E-state index in [0.717, 1.165) is 31.8 Å². The Labute approximate surface area is 98.0 Å². The van der Waals surface area contributed by atoms with Crippen molar-refractivity contribution in [2.24, 2.45) is 0 Å². The van der Waals surface area contributed by atoms with Gasteiger partial charge in [-0.05, 0) is 37.4 Å². The van der Waals surface area contributed by atoms with Crippen molar-refractivity contribution in [2.45, 2.75) is 25.8 Å². The number of unbranched alkanes of at least 4 members (excludes halogenated alkanes) is 2. The third kappa shape index (κ3) is 5.14. The van der Waals surface area contributed by atoms with E-state index in [2.05, 4.69) is 11.4 Å². The Kier molecular flexibility index (Phi) is 6.61. The first-order chi connectivity index (χ1) is 7.84. The zero-order valence-electron chi connectivity index (χ0n) is 10.0. The molecule has 3 N–H and O–H groups in total. The van der Waals surface area contributed by atoms with Crippen LogP contribution in [0.25, 0.3) is 0 Å². The van der Waals surface area contributed by atoms with Crippen LogP contribution in [0.1, 0.15) is 24.8 Å². The molecule has 0 spiro atoms. The highest BCUT2D eigenvalue weighted by molar-refractivity contribution is 5.46. The summed E-state index contributed by atoms with van der Waals surface area (Å²) in [6, 6.07) is 7.98. The van der Waals surface area contributed by atoms with Crippen molar-refractivity contribution in [2.75, 3.05) is 26.0 Å². The van der Waals surface area contributed by atoms with E-state index in [9.17, 15) is 0 Å². The van der Waals surface area contributed by atoms with Gasteiger partial charge in [0.05, 0.1) is 0 Å². The molecule has 0 aliphatic carbocycles. The molecule has 0 radical (unpaired) electrons. The normalized spacial score (nSPS) is 10.6. The molecule has 0 amide bonds. The Morgan fingerprint density at radius 1 is 1.19 bits per heavy atom. The zero-order chi connectivity index (χ0) is 11.6. The Morgan fingerprint density at radius 3 is 2.75 bits per heavy atom. The van der Waals surface area contributed by atoms with Gasteiger partial charge in [-0.2, -0.15) is 0 Å². The van der Waals surface area contributed by atoms with Crippen LogP contribution < -0.4 is 11.1 Å². The number of methoxy groups -OCH3 is 1. The van der Waals surface area contributed by atoms with Crippen LogP contribution in [0.4, 0.5) is 5.69 Å². The van der Waals surface area contributed by atoms with Gasteiger partial charge in [0, 0.05) is 25.9 Å². The maximum Gasteiger partial charge on any atom is 0.0462 e. The van der Waals surface area contributed by atoms with E-state index >= 15 is 0 Å². The van der Waals surface area contributed by atoms with Gasteiger partial charge < -0.3 is 15.8 Å². The van der Waals surface area contributed by atoms with E-state index in [1.54, 1.807) is 7.11 Å². The third-order valence-electron chi connectivity index (χ3n) is 2.57. The highest BCUT2D eigenvalue weighted by Gasteiger charge is 1.96. The molecule has 0 aliphatic rings. The van der Waals surface area contributed by atoms with Gasteiger partial charge in [-0.25, -0.2) is 0 Å². The SMILES string of the molecule is COCCCCCNCc1ccccc1N. The van der Waals surface area contributed by atoms with Crippen molar-refractivity contribution in [1.29, 1.82) is 0 Å². The predicted molar refractivity (Wildman–Crippen MR) is 68.3 cm³/mol. The second-order valence-corrected chi connectivity index (χ2v) is 3.93. The molecule has 90 valence electrons. The second kappa shape index (κ2) is 8.13. The van der Waals surface area contributed by atoms with Crippen molar-refractivity contribution in [3.63, 3.8) is 0 Å². The van der Waals surface area contributed by atoms with Crippen molar-refractivity contribution in [1.82, 2.24) is 5.32 Å². The van der Waals surface area contributed by atoms with Crippen LogP contribution in [0.2, 0.25) is 0 Å². The molecule has 0 atom stereocenters. The van der Waals surface area contributed by atoms with Crippen molar-refractivity contribution < 1.29 is 4.74 Å². The fourth-order valence-corrected chi connectivity index (χ4v) is 1.59. The topological polar surface area (TPSA) is 47.3 Å². The number of nitrogens with one attached hydrogen (secondary N) is 1. The van der Waals surface area contributed by atoms with Crippen LogP contribution in [0.5, 0.6) is 0 Å². The van der Waals surface area contributed by atoms with Crippen LogP contribution in [-0.2, 0) is 11.3 Å². The summed E-state index contributed by atoms with van der Waals surface area (Å²) in [7, 11) is 1.75. The zero-order valence-corrected chi connectivity index (χ0v) is 10.0. The Bertz CT molecular complexity index is 289. The Balaban J connectivity index is 2.05. The summed E-state index contributed by atoms with van der Waals surface area (Å²) in [5.74, 6) is 0. The smallest absolute Gasteiger partial charge is 0.0462 e. The summed E-state index contributed by atoms with van der Waals surface area (Å²) >= 11 is 0. The van der Waals surface area contributed by atoms with Crippen LogP contribution in [-0.4, -0.2) is 20.3 Å². The van der Waals surface area contributed by atoms with Crippen LogP contribution in [0.15, 0.2) is 24.3 Å². The summed E-state index contributed by atoms with van der Waals surface area (Å²) < 4.78 is 5.00. The molecule has 0 fully saturated rings. The highest BCUT2D eigenvalue weighted by Crippen LogP contribution is 2.09. The van der Waals surface area contributed by atoms with Gasteiger partial charge in [-0.1, -0.05) is 18.2 Å². The second-order valence-electron chi connectivity index (χ2n) is 3.93. The average molecular weight is 222 g/mol. The molecule has 1 aromatic rings. The molecule has 0 bridgehead atoms. The summed E-state index contributed by atoms with van der Waals surface area (Å²) in [6.45, 7) is 2.76. The van der Waals surface area contributed by atoms with E-state index in [1.807, 2.05) is 18.2 Å². The quantitative estimate of drug-likeness (QED) is 0.523. The number of hydrogen-bond donors (Lipinski definition) is 2. The predicted octanol–water partition coefficient (Wildman–Crippen LogP) is 2.18. The summed E-state index contributed by atoms with van der Waals surface area (Å²) in [5, 5.41) is 3.40. The molecule has 0 heterocycles. The van der Waals surface area contributed by atoms with E-state index in [0.29, 0.717) is 0 Å². The monoisotopic (exact) mass is 222 g/mol. The highest BCUT2D eigenvalue weighted by atomic mass is 16.5. The molecule has 3 heteroatoms. The maximum atomic E-state index is 5.84. The molecule has 0 aromatic heterocycles. The van der Waals surface area contributed by atoms with Crippen LogP contribution in [0.3, 0.4) is 0 Å². The fourth-order valence-electron chi connectivity index (χ4n) is 1.59. The Morgan fingerprint density at radius 2 is 2.00 bits per heavy atom. The van der Waals surface area contributed by atoms with Gasteiger partial charge in [0.1, 0.15) is 0 Å². The lowest BCUT2D eigenvalue weighted by molar-refractivity contribution is 0.192. The number of para-hydroxylation sites is 1. The van der Waals surface area contributed by atoms with Crippen molar-refractivity contribution in [3.05, 3.63) is 29.8 Å². The van der Waals surface area contributed by atoms with Crippen molar-refractivity contribution in [3.8, 4) is 0 Å². The molecule has 1 rings (SSSR count). The lowest BCUT2D eigenvalue weighted by atomic mass is 10.2. The van der Waals surface area contributed by atoms with E-state index in [4.69, 9.17) is 10.5 Å². The number of nitrogens with two attached hydrogens (primary N) is 1. The summed E-state index contributed by atoms with van der Waals surface area (Å²) in [6.07, 6.45) is 3.55. The average Bonchev–Trinajstić information content (AvgIpc) is 2.30. The molecule has 0 aliphatic heterocycles. The summed E-state index contributed by atoms with van der Waals surface area (Å²) in [5.41, 5.74) is 7.89. The summed E-state index contributed by atoms with van der Waals surface area (Å²) in [4.78, 5) is 0. The van der Waals surface area contributed by atoms with E-state index in [-0.39, 0.29) is 0 Å². The van der Waals surface area contributed by atoms with Gasteiger partial charge in [-0.3, -0.25) is 0 Å². The number of anilines is 1. The lowest BCUT2D eigenvalue weighted by Crippen LogP contribution is -2.15. The molecule has 0 saturated carbocycles. The third-order valence-corrected chi connectivity index (χ3v) is 2.57. The van der Waals surface area contributed by atoms with Crippen LogP contribution in [0, 0.1) is 0 Å². The van der Waals surface area contributed by atoms with Crippen LogP contribution >= 0.6 is 0 Å². The fraction of sp³-hybridized carbons (Fsp3) is 0.538. The number of ether oxygens (including phenoxy) is 1. The van der Waals surface area contributed by atoms with E-state index in [1.165, 1.54) is 18.4 Å². The molecule has 0 saturated heterocycles. The first-order valence-corrected chi connectivity index (χ1v) is 5.87. The number of nitrogen functional groups attached to an aromatic ring is 1. The minimum absolute atomic E-state index is 0.858. The standard InChI is InChI=1S/C13H22N2O/c1-16-10-6-2-5-9-15-11-12-7-3-4-8-13(12)14/h3-4,7-8,15H,2,5-6,9-11,14H2,1H3. The van der Waals surface area contributed by atoms with Gasteiger partial charge in [0.15, 0.2) is 0 Å². The Hall–Kier alpha value is -1.06. The molecule has 1 aromatic carbocycles. The first kappa shape index (κ1) is 13.0. The molecule has 3 nitrogen and oxygen atoms in total. The van der Waals surface area contributed by atoms with Crippen molar-refractivity contribution >= 4 is 5.69 Å². The van der Waals surface area contributed by atoms with E-state index < -0.39 is 0 Å². The number of hydrogen-bond acceptors (Lipinski definition) is 3. The molecular weight excluding hydrogens is 200 g/mol. The minimum atomic E-state index is 0.858. The molecule has 16 heavy (non-hydrogen) atoms. The maximum absolute atomic E-state index is 5.84. The van der Waals surface area contributed by atoms with Gasteiger partial charge in [0.2, 0.25) is 0 Å². The first-order valence-electron chi connectivity index (χ1n) is 5.87. The minimum Gasteiger partial charge on any atom is -0.398 e.